The van der Waals surface area contributed by atoms with Gasteiger partial charge in [0.15, 0.2) is 0 Å². The lowest BCUT2D eigenvalue weighted by molar-refractivity contribution is 1.02. The molecular formula is C18H14N2O. The Labute approximate surface area is 121 Å². The van der Waals surface area contributed by atoms with Crippen molar-refractivity contribution < 1.29 is 0 Å². The predicted octanol–water partition coefficient (Wildman–Crippen LogP) is 1.72. The van der Waals surface area contributed by atoms with Crippen LogP contribution >= 0.6 is 0 Å². The average molecular weight is 274 g/mol. The SMILES string of the molecule is O=c1c(-c2ccccc2)cnc2c3c(ccn12)=CCCC=3. The molecule has 3 nitrogen and oxygen atoms in total. The van der Waals surface area contributed by atoms with E-state index in [0.717, 1.165) is 29.3 Å². The number of hydrogen-bond acceptors (Lipinski definition) is 2. The van der Waals surface area contributed by atoms with Crippen molar-refractivity contribution >= 4 is 17.8 Å². The van der Waals surface area contributed by atoms with Crippen LogP contribution in [0.4, 0.5) is 0 Å². The Morgan fingerprint density at radius 3 is 2.67 bits per heavy atom. The van der Waals surface area contributed by atoms with Crippen LogP contribution in [0.3, 0.4) is 0 Å². The fourth-order valence-electron chi connectivity index (χ4n) is 2.85. The second-order valence-electron chi connectivity index (χ2n) is 5.21. The molecule has 0 radical (unpaired) electrons. The van der Waals surface area contributed by atoms with Crippen LogP contribution in [0.5, 0.6) is 0 Å². The summed E-state index contributed by atoms with van der Waals surface area (Å²) in [7, 11) is 0. The highest BCUT2D eigenvalue weighted by Crippen LogP contribution is 2.13. The molecule has 1 aromatic carbocycles. The normalized spacial score (nSPS) is 13.3. The first-order chi connectivity index (χ1) is 10.3. The highest BCUT2D eigenvalue weighted by atomic mass is 16.1. The summed E-state index contributed by atoms with van der Waals surface area (Å²) in [5, 5.41) is 2.24. The van der Waals surface area contributed by atoms with Crippen LogP contribution in [0.25, 0.3) is 28.9 Å². The van der Waals surface area contributed by atoms with E-state index in [4.69, 9.17) is 0 Å². The molecule has 4 rings (SSSR count). The molecule has 0 amide bonds. The first-order valence-electron chi connectivity index (χ1n) is 7.11. The molecule has 1 aliphatic rings. The molecule has 0 fully saturated rings. The molecule has 2 aromatic heterocycles. The lowest BCUT2D eigenvalue weighted by Gasteiger charge is -2.07. The molecule has 102 valence electrons. The molecule has 21 heavy (non-hydrogen) atoms. The molecule has 0 atom stereocenters. The minimum Gasteiger partial charge on any atom is -0.268 e. The van der Waals surface area contributed by atoms with Gasteiger partial charge < -0.3 is 0 Å². The van der Waals surface area contributed by atoms with Gasteiger partial charge in [-0.25, -0.2) is 4.98 Å². The molecular weight excluding hydrogens is 260 g/mol. The highest BCUT2D eigenvalue weighted by molar-refractivity contribution is 5.63. The number of pyridine rings is 1. The molecule has 0 unspecified atom stereocenters. The molecule has 1 aliphatic carbocycles. The van der Waals surface area contributed by atoms with E-state index < -0.39 is 0 Å². The third-order valence-electron chi connectivity index (χ3n) is 3.91. The smallest absolute Gasteiger partial charge is 0.265 e. The highest BCUT2D eigenvalue weighted by Gasteiger charge is 2.08. The minimum absolute atomic E-state index is 0.0204. The van der Waals surface area contributed by atoms with E-state index in [9.17, 15) is 4.79 Å². The molecule has 0 aliphatic heterocycles. The maximum absolute atomic E-state index is 12.7. The maximum atomic E-state index is 12.7. The van der Waals surface area contributed by atoms with Crippen LogP contribution in [0.2, 0.25) is 0 Å². The topological polar surface area (TPSA) is 34.4 Å². The van der Waals surface area contributed by atoms with E-state index in [2.05, 4.69) is 17.1 Å². The van der Waals surface area contributed by atoms with Crippen molar-refractivity contribution in [3.05, 3.63) is 69.6 Å². The maximum Gasteiger partial charge on any atom is 0.265 e. The van der Waals surface area contributed by atoms with Crippen LogP contribution in [0.1, 0.15) is 12.8 Å². The van der Waals surface area contributed by atoms with Crippen molar-refractivity contribution in [1.82, 2.24) is 9.38 Å². The summed E-state index contributed by atoms with van der Waals surface area (Å²) in [4.78, 5) is 17.3. The zero-order valence-electron chi connectivity index (χ0n) is 11.5. The van der Waals surface area contributed by atoms with E-state index in [-0.39, 0.29) is 5.56 Å². The van der Waals surface area contributed by atoms with Crippen molar-refractivity contribution in [1.29, 1.82) is 0 Å². The summed E-state index contributed by atoms with van der Waals surface area (Å²) in [5.74, 6) is 0. The lowest BCUT2D eigenvalue weighted by Crippen LogP contribution is -2.33. The summed E-state index contributed by atoms with van der Waals surface area (Å²) in [6.45, 7) is 0. The van der Waals surface area contributed by atoms with Gasteiger partial charge in [-0.3, -0.25) is 9.20 Å². The van der Waals surface area contributed by atoms with Crippen LogP contribution in [0.15, 0.2) is 53.6 Å². The van der Waals surface area contributed by atoms with Gasteiger partial charge in [0.1, 0.15) is 5.65 Å². The van der Waals surface area contributed by atoms with E-state index >= 15 is 0 Å². The Morgan fingerprint density at radius 2 is 1.81 bits per heavy atom. The van der Waals surface area contributed by atoms with Crippen LogP contribution in [-0.4, -0.2) is 9.38 Å². The van der Waals surface area contributed by atoms with Crippen LogP contribution in [-0.2, 0) is 0 Å². The third kappa shape index (κ3) is 1.89. The second-order valence-corrected chi connectivity index (χ2v) is 5.21. The zero-order valence-corrected chi connectivity index (χ0v) is 11.5. The fourth-order valence-corrected chi connectivity index (χ4v) is 2.85. The molecule has 0 saturated carbocycles. The van der Waals surface area contributed by atoms with E-state index in [1.807, 2.05) is 42.6 Å². The van der Waals surface area contributed by atoms with Crippen LogP contribution in [0, 0.1) is 0 Å². The Kier molecular flexibility index (Phi) is 2.71. The molecule has 0 spiro atoms. The van der Waals surface area contributed by atoms with Gasteiger partial charge >= 0.3 is 0 Å². The Balaban J connectivity index is 2.09. The zero-order chi connectivity index (χ0) is 14.2. The molecule has 2 heterocycles. The molecule has 0 N–H and O–H groups in total. The first-order valence-corrected chi connectivity index (χ1v) is 7.11. The van der Waals surface area contributed by atoms with Crippen LogP contribution < -0.4 is 16.0 Å². The van der Waals surface area contributed by atoms with Gasteiger partial charge in [0.25, 0.3) is 5.56 Å². The average Bonchev–Trinajstić information content (AvgIpc) is 2.56. The first kappa shape index (κ1) is 12.1. The second kappa shape index (κ2) is 4.70. The van der Waals surface area contributed by atoms with Crippen molar-refractivity contribution in [2.45, 2.75) is 12.8 Å². The predicted molar refractivity (Wildman–Crippen MR) is 84.3 cm³/mol. The van der Waals surface area contributed by atoms with Gasteiger partial charge in [0, 0.05) is 17.6 Å². The summed E-state index contributed by atoms with van der Waals surface area (Å²) < 4.78 is 1.65. The quantitative estimate of drug-likeness (QED) is 0.677. The fraction of sp³-hybridized carbons (Fsp3) is 0.111. The lowest BCUT2D eigenvalue weighted by atomic mass is 10.1. The molecule has 0 bridgehead atoms. The minimum atomic E-state index is -0.0204. The summed E-state index contributed by atoms with van der Waals surface area (Å²) in [6.07, 6.45) is 9.94. The van der Waals surface area contributed by atoms with Crippen molar-refractivity contribution in [3.8, 4) is 11.1 Å². The Morgan fingerprint density at radius 1 is 1.00 bits per heavy atom. The summed E-state index contributed by atoms with van der Waals surface area (Å²) >= 11 is 0. The van der Waals surface area contributed by atoms with Crippen molar-refractivity contribution in [2.75, 3.05) is 0 Å². The van der Waals surface area contributed by atoms with Gasteiger partial charge in [0.05, 0.1) is 5.56 Å². The summed E-state index contributed by atoms with van der Waals surface area (Å²) in [5.41, 5.74) is 2.26. The van der Waals surface area contributed by atoms with Crippen molar-refractivity contribution in [2.24, 2.45) is 0 Å². The Bertz CT molecular complexity index is 1000. The number of rotatable bonds is 1. The van der Waals surface area contributed by atoms with Gasteiger partial charge in [-0.05, 0) is 29.7 Å². The number of fused-ring (bicyclic) bond motifs is 3. The van der Waals surface area contributed by atoms with E-state index in [1.54, 1.807) is 10.6 Å². The van der Waals surface area contributed by atoms with Gasteiger partial charge in [-0.1, -0.05) is 42.5 Å². The third-order valence-corrected chi connectivity index (χ3v) is 3.91. The number of nitrogens with zero attached hydrogens (tertiary/aromatic N) is 2. The standard InChI is InChI=1S/C18H14N2O/c21-18-16(13-6-2-1-3-7-13)12-19-17-15-9-5-4-8-14(15)10-11-20(17)18/h1-3,6-12H,4-5H2. The Hall–Kier alpha value is -2.68. The number of benzene rings is 1. The van der Waals surface area contributed by atoms with Crippen molar-refractivity contribution in [3.63, 3.8) is 0 Å². The van der Waals surface area contributed by atoms with E-state index in [0.29, 0.717) is 5.56 Å². The number of hydrogen-bond donors (Lipinski definition) is 0. The van der Waals surface area contributed by atoms with Gasteiger partial charge in [-0.15, -0.1) is 0 Å². The molecule has 3 heteroatoms. The largest absolute Gasteiger partial charge is 0.268 e. The summed E-state index contributed by atoms with van der Waals surface area (Å²) in [6, 6.07) is 11.7. The van der Waals surface area contributed by atoms with E-state index in [1.165, 1.54) is 5.22 Å². The van der Waals surface area contributed by atoms with Gasteiger partial charge in [0.2, 0.25) is 0 Å². The molecule has 0 saturated heterocycles. The monoisotopic (exact) mass is 274 g/mol. The molecule has 3 aromatic rings. The van der Waals surface area contributed by atoms with Gasteiger partial charge in [-0.2, -0.15) is 0 Å². The number of aromatic nitrogens is 2.